The standard InChI is InChI=1S/C24H30N2O5S/c1-18-9-12-21(13-10-18)32(28,29)26(22-15-20(30-2)11-14-23(22)31-3)17-24(27)25-16-19-7-5-4-6-8-19/h7,9-15H,4-6,8,16-17H2,1-3H3,(H,25,27). The second-order valence-electron chi connectivity index (χ2n) is 7.75. The minimum Gasteiger partial charge on any atom is -0.497 e. The van der Waals surface area contributed by atoms with Crippen molar-refractivity contribution in [1.82, 2.24) is 5.32 Å². The molecule has 172 valence electrons. The molecule has 8 heteroatoms. The molecule has 1 N–H and O–H groups in total. The number of nitrogens with one attached hydrogen (secondary N) is 1. The molecule has 0 radical (unpaired) electrons. The van der Waals surface area contributed by atoms with Crippen molar-refractivity contribution in [3.05, 3.63) is 59.7 Å². The van der Waals surface area contributed by atoms with E-state index < -0.39 is 15.9 Å². The molecule has 0 spiro atoms. The Labute approximate surface area is 190 Å². The largest absolute Gasteiger partial charge is 0.497 e. The van der Waals surface area contributed by atoms with E-state index in [4.69, 9.17) is 9.47 Å². The number of aryl methyl sites for hydroxylation is 1. The van der Waals surface area contributed by atoms with Gasteiger partial charge in [-0.25, -0.2) is 8.42 Å². The van der Waals surface area contributed by atoms with E-state index in [1.165, 1.54) is 31.9 Å². The number of hydrogen-bond acceptors (Lipinski definition) is 5. The first-order valence-electron chi connectivity index (χ1n) is 10.6. The second kappa shape index (κ2) is 10.5. The highest BCUT2D eigenvalue weighted by Gasteiger charge is 2.30. The van der Waals surface area contributed by atoms with Crippen LogP contribution in [0.3, 0.4) is 0 Å². The first-order chi connectivity index (χ1) is 15.3. The topological polar surface area (TPSA) is 84.9 Å². The third-order valence-corrected chi connectivity index (χ3v) is 7.22. The Bertz CT molecular complexity index is 1080. The highest BCUT2D eigenvalue weighted by molar-refractivity contribution is 7.92. The van der Waals surface area contributed by atoms with E-state index in [0.717, 1.165) is 35.6 Å². The van der Waals surface area contributed by atoms with Gasteiger partial charge in [0.25, 0.3) is 10.0 Å². The SMILES string of the molecule is COc1ccc(OC)c(N(CC(=O)NCC2=CCCCC2)S(=O)(=O)c2ccc(C)cc2)c1. The summed E-state index contributed by atoms with van der Waals surface area (Å²) in [6, 6.07) is 11.4. The quantitative estimate of drug-likeness (QED) is 0.578. The normalized spacial score (nSPS) is 13.8. The zero-order valence-electron chi connectivity index (χ0n) is 18.8. The number of benzene rings is 2. The molecule has 7 nitrogen and oxygen atoms in total. The van der Waals surface area contributed by atoms with Gasteiger partial charge in [0, 0.05) is 12.6 Å². The molecule has 3 rings (SSSR count). The molecule has 0 fully saturated rings. The molecular weight excluding hydrogens is 428 g/mol. The number of ether oxygens (including phenoxy) is 2. The van der Waals surface area contributed by atoms with Crippen molar-refractivity contribution in [2.45, 2.75) is 37.5 Å². The predicted octanol–water partition coefficient (Wildman–Crippen LogP) is 3.82. The molecule has 0 atom stereocenters. The number of amides is 1. The van der Waals surface area contributed by atoms with Crippen LogP contribution in [-0.2, 0) is 14.8 Å². The molecule has 0 saturated heterocycles. The van der Waals surface area contributed by atoms with Crippen LogP contribution in [0, 0.1) is 6.92 Å². The van der Waals surface area contributed by atoms with Gasteiger partial charge in [0.2, 0.25) is 5.91 Å². The van der Waals surface area contributed by atoms with Gasteiger partial charge in [0.15, 0.2) is 0 Å². The Morgan fingerprint density at radius 3 is 2.44 bits per heavy atom. The summed E-state index contributed by atoms with van der Waals surface area (Å²) in [5.41, 5.74) is 2.35. The zero-order valence-corrected chi connectivity index (χ0v) is 19.6. The van der Waals surface area contributed by atoms with Gasteiger partial charge in [0.05, 0.1) is 24.8 Å². The summed E-state index contributed by atoms with van der Waals surface area (Å²) in [4.78, 5) is 12.9. The van der Waals surface area contributed by atoms with Crippen LogP contribution in [0.25, 0.3) is 0 Å². The van der Waals surface area contributed by atoms with Crippen molar-refractivity contribution in [1.29, 1.82) is 0 Å². The number of hydrogen-bond donors (Lipinski definition) is 1. The average molecular weight is 459 g/mol. The van der Waals surface area contributed by atoms with E-state index >= 15 is 0 Å². The smallest absolute Gasteiger partial charge is 0.264 e. The lowest BCUT2D eigenvalue weighted by molar-refractivity contribution is -0.119. The van der Waals surface area contributed by atoms with Crippen LogP contribution < -0.4 is 19.1 Å². The molecule has 0 aliphatic heterocycles. The van der Waals surface area contributed by atoms with Crippen molar-refractivity contribution in [2.24, 2.45) is 0 Å². The van der Waals surface area contributed by atoms with Crippen LogP contribution in [0.5, 0.6) is 11.5 Å². The molecule has 0 unspecified atom stereocenters. The summed E-state index contributed by atoms with van der Waals surface area (Å²) >= 11 is 0. The fourth-order valence-electron chi connectivity index (χ4n) is 3.59. The van der Waals surface area contributed by atoms with Gasteiger partial charge in [0.1, 0.15) is 18.0 Å². The summed E-state index contributed by atoms with van der Waals surface area (Å²) in [7, 11) is -1.09. The van der Waals surface area contributed by atoms with Crippen LogP contribution in [0.1, 0.15) is 31.2 Å². The van der Waals surface area contributed by atoms with Crippen molar-refractivity contribution in [3.8, 4) is 11.5 Å². The van der Waals surface area contributed by atoms with E-state index in [9.17, 15) is 13.2 Å². The minimum absolute atomic E-state index is 0.0933. The maximum Gasteiger partial charge on any atom is 0.264 e. The van der Waals surface area contributed by atoms with E-state index in [-0.39, 0.29) is 17.1 Å². The summed E-state index contributed by atoms with van der Waals surface area (Å²) < 4.78 is 39.0. The number of allylic oxidation sites excluding steroid dienone is 1. The van der Waals surface area contributed by atoms with E-state index in [0.29, 0.717) is 18.0 Å². The lowest BCUT2D eigenvalue weighted by atomic mass is 10.00. The average Bonchev–Trinajstić information content (AvgIpc) is 2.81. The van der Waals surface area contributed by atoms with Crippen LogP contribution in [-0.4, -0.2) is 41.6 Å². The Hall–Kier alpha value is -3.00. The van der Waals surface area contributed by atoms with Crippen LogP contribution in [0.15, 0.2) is 59.0 Å². The van der Waals surface area contributed by atoms with Gasteiger partial charge in [-0.2, -0.15) is 0 Å². The lowest BCUT2D eigenvalue weighted by Gasteiger charge is -2.26. The Balaban J connectivity index is 1.95. The number of sulfonamides is 1. The van der Waals surface area contributed by atoms with Crippen LogP contribution in [0.4, 0.5) is 5.69 Å². The van der Waals surface area contributed by atoms with Gasteiger partial charge in [-0.1, -0.05) is 29.3 Å². The summed E-state index contributed by atoms with van der Waals surface area (Å²) in [5, 5.41) is 2.87. The van der Waals surface area contributed by atoms with Gasteiger partial charge in [-0.05, 0) is 56.9 Å². The summed E-state index contributed by atoms with van der Waals surface area (Å²) in [5.74, 6) is 0.388. The maximum atomic E-state index is 13.6. The number of methoxy groups -OCH3 is 2. The first kappa shape index (κ1) is 23.7. The van der Waals surface area contributed by atoms with Gasteiger partial charge < -0.3 is 14.8 Å². The number of anilines is 1. The molecule has 32 heavy (non-hydrogen) atoms. The van der Waals surface area contributed by atoms with E-state index in [1.807, 2.05) is 6.92 Å². The van der Waals surface area contributed by atoms with Crippen molar-refractivity contribution < 1.29 is 22.7 Å². The van der Waals surface area contributed by atoms with Crippen molar-refractivity contribution in [3.63, 3.8) is 0 Å². The number of carbonyl (C=O) groups is 1. The second-order valence-corrected chi connectivity index (χ2v) is 9.61. The molecule has 0 aromatic heterocycles. The van der Waals surface area contributed by atoms with Gasteiger partial charge in [-0.3, -0.25) is 9.10 Å². The molecule has 1 aliphatic carbocycles. The van der Waals surface area contributed by atoms with Crippen LogP contribution in [0.2, 0.25) is 0 Å². The molecular formula is C24H30N2O5S. The molecule has 0 heterocycles. The van der Waals surface area contributed by atoms with E-state index in [1.54, 1.807) is 30.3 Å². The fraction of sp³-hybridized carbons (Fsp3) is 0.375. The highest BCUT2D eigenvalue weighted by Crippen LogP contribution is 2.35. The maximum absolute atomic E-state index is 13.6. The Kier molecular flexibility index (Phi) is 7.80. The number of rotatable bonds is 9. The number of nitrogens with zero attached hydrogens (tertiary/aromatic N) is 1. The highest BCUT2D eigenvalue weighted by atomic mass is 32.2. The Morgan fingerprint density at radius 1 is 1.06 bits per heavy atom. The van der Waals surface area contributed by atoms with Gasteiger partial charge in [-0.15, -0.1) is 0 Å². The summed E-state index contributed by atoms with van der Waals surface area (Å²) in [6.45, 7) is 1.92. The molecule has 0 saturated carbocycles. The number of carbonyl (C=O) groups excluding carboxylic acids is 1. The molecule has 1 amide bonds. The van der Waals surface area contributed by atoms with Crippen molar-refractivity contribution >= 4 is 21.6 Å². The molecule has 2 aromatic rings. The zero-order chi connectivity index (χ0) is 23.1. The summed E-state index contributed by atoms with van der Waals surface area (Å²) in [6.07, 6.45) is 6.39. The Morgan fingerprint density at radius 2 is 1.81 bits per heavy atom. The fourth-order valence-corrected chi connectivity index (χ4v) is 5.02. The van der Waals surface area contributed by atoms with E-state index in [2.05, 4.69) is 11.4 Å². The lowest BCUT2D eigenvalue weighted by Crippen LogP contribution is -2.41. The van der Waals surface area contributed by atoms with Gasteiger partial charge >= 0.3 is 0 Å². The molecule has 2 aromatic carbocycles. The minimum atomic E-state index is -4.04. The third kappa shape index (κ3) is 5.62. The molecule has 0 bridgehead atoms. The monoisotopic (exact) mass is 458 g/mol. The molecule has 1 aliphatic rings. The third-order valence-electron chi connectivity index (χ3n) is 5.45. The first-order valence-corrected chi connectivity index (χ1v) is 12.0. The van der Waals surface area contributed by atoms with Crippen LogP contribution >= 0.6 is 0 Å². The predicted molar refractivity (Wildman–Crippen MR) is 125 cm³/mol. The van der Waals surface area contributed by atoms with Crippen molar-refractivity contribution in [2.75, 3.05) is 31.6 Å².